The minimum absolute atomic E-state index is 0.0127. The molecule has 5 heteroatoms. The average molecular weight is 229 g/mol. The Morgan fingerprint density at radius 1 is 1.44 bits per heavy atom. The molecule has 1 N–H and O–H groups in total. The van der Waals surface area contributed by atoms with E-state index in [9.17, 15) is 9.59 Å². The zero-order chi connectivity index (χ0) is 12.1. The number of methoxy groups -OCH3 is 1. The highest BCUT2D eigenvalue weighted by molar-refractivity contribution is 5.86. The molecule has 92 valence electrons. The van der Waals surface area contributed by atoms with Gasteiger partial charge in [-0.2, -0.15) is 0 Å². The van der Waals surface area contributed by atoms with E-state index in [2.05, 4.69) is 10.1 Å². The number of carbonyl (C=O) groups excluding carboxylic acids is 2. The second kappa shape index (κ2) is 5.84. The number of ether oxygens (including phenoxy) is 2. The third-order valence-electron chi connectivity index (χ3n) is 2.72. The predicted octanol–water partition coefficient (Wildman–Crippen LogP) is 0.337. The van der Waals surface area contributed by atoms with Crippen molar-refractivity contribution in [3.63, 3.8) is 0 Å². The molecule has 0 spiro atoms. The fourth-order valence-electron chi connectivity index (χ4n) is 1.64. The van der Waals surface area contributed by atoms with Gasteiger partial charge in [0.15, 0.2) is 0 Å². The molecule has 0 bridgehead atoms. The first kappa shape index (κ1) is 13.0. The molecule has 1 aliphatic rings. The molecule has 2 atom stereocenters. The van der Waals surface area contributed by atoms with Gasteiger partial charge < -0.3 is 14.8 Å². The van der Waals surface area contributed by atoms with Gasteiger partial charge in [-0.05, 0) is 12.3 Å². The number of carbonyl (C=O) groups is 2. The van der Waals surface area contributed by atoms with E-state index in [1.165, 1.54) is 7.11 Å². The highest BCUT2D eigenvalue weighted by Gasteiger charge is 2.30. The molecular weight excluding hydrogens is 210 g/mol. The molecule has 2 unspecified atom stereocenters. The Bertz CT molecular complexity index is 259. The van der Waals surface area contributed by atoms with Crippen LogP contribution in [0.3, 0.4) is 0 Å². The maximum atomic E-state index is 11.8. The van der Waals surface area contributed by atoms with Crippen molar-refractivity contribution < 1.29 is 19.1 Å². The number of rotatable bonds is 4. The smallest absolute Gasteiger partial charge is 0.328 e. The van der Waals surface area contributed by atoms with E-state index < -0.39 is 12.0 Å². The lowest BCUT2D eigenvalue weighted by atomic mass is 10.0. The van der Waals surface area contributed by atoms with Crippen LogP contribution in [0, 0.1) is 11.8 Å². The van der Waals surface area contributed by atoms with E-state index in [-0.39, 0.29) is 17.7 Å². The zero-order valence-electron chi connectivity index (χ0n) is 9.99. The van der Waals surface area contributed by atoms with Crippen LogP contribution in [0.25, 0.3) is 0 Å². The molecule has 1 rings (SSSR count). The Morgan fingerprint density at radius 3 is 2.56 bits per heavy atom. The van der Waals surface area contributed by atoms with Gasteiger partial charge >= 0.3 is 5.97 Å². The lowest BCUT2D eigenvalue weighted by Crippen LogP contribution is -2.47. The summed E-state index contributed by atoms with van der Waals surface area (Å²) < 4.78 is 9.78. The van der Waals surface area contributed by atoms with Crippen LogP contribution in [0.5, 0.6) is 0 Å². The average Bonchev–Trinajstić information content (AvgIpc) is 2.77. The summed E-state index contributed by atoms with van der Waals surface area (Å²) in [6.45, 7) is 4.79. The zero-order valence-corrected chi connectivity index (χ0v) is 9.99. The lowest BCUT2D eigenvalue weighted by molar-refractivity contribution is -0.146. The fraction of sp³-hybridized carbons (Fsp3) is 0.818. The van der Waals surface area contributed by atoms with Gasteiger partial charge in [0.2, 0.25) is 5.91 Å². The largest absolute Gasteiger partial charge is 0.467 e. The molecule has 1 amide bonds. The van der Waals surface area contributed by atoms with Crippen LogP contribution >= 0.6 is 0 Å². The molecule has 16 heavy (non-hydrogen) atoms. The molecule has 0 aliphatic carbocycles. The molecular formula is C11H19NO4. The number of hydrogen-bond acceptors (Lipinski definition) is 4. The van der Waals surface area contributed by atoms with Crippen molar-refractivity contribution in [1.82, 2.24) is 5.32 Å². The molecule has 0 aromatic rings. The SMILES string of the molecule is COC(=O)C(NC(=O)C1CCOC1)C(C)C. The van der Waals surface area contributed by atoms with Crippen LogP contribution in [-0.4, -0.2) is 38.2 Å². The second-order valence-electron chi connectivity index (χ2n) is 4.31. The molecule has 0 aromatic carbocycles. The van der Waals surface area contributed by atoms with Crippen molar-refractivity contribution in [3.05, 3.63) is 0 Å². The molecule has 1 aliphatic heterocycles. The summed E-state index contributed by atoms with van der Waals surface area (Å²) in [5.74, 6) is -0.645. The summed E-state index contributed by atoms with van der Waals surface area (Å²) in [5, 5.41) is 2.72. The van der Waals surface area contributed by atoms with E-state index in [0.29, 0.717) is 13.2 Å². The summed E-state index contributed by atoms with van der Waals surface area (Å²) in [6.07, 6.45) is 0.720. The van der Waals surface area contributed by atoms with E-state index in [4.69, 9.17) is 4.74 Å². The summed E-state index contributed by atoms with van der Waals surface area (Å²) >= 11 is 0. The normalized spacial score (nSPS) is 21.9. The Kier molecular flexibility index (Phi) is 4.73. The number of amides is 1. The van der Waals surface area contributed by atoms with Gasteiger partial charge in [-0.3, -0.25) is 4.79 Å². The van der Waals surface area contributed by atoms with Crippen LogP contribution < -0.4 is 5.32 Å². The Labute approximate surface area is 95.5 Å². The van der Waals surface area contributed by atoms with Gasteiger partial charge in [-0.15, -0.1) is 0 Å². The quantitative estimate of drug-likeness (QED) is 0.706. The first-order valence-electron chi connectivity index (χ1n) is 5.52. The second-order valence-corrected chi connectivity index (χ2v) is 4.31. The lowest BCUT2D eigenvalue weighted by Gasteiger charge is -2.21. The molecule has 1 saturated heterocycles. The highest BCUT2D eigenvalue weighted by Crippen LogP contribution is 2.13. The monoisotopic (exact) mass is 229 g/mol. The van der Waals surface area contributed by atoms with E-state index in [0.717, 1.165) is 6.42 Å². The van der Waals surface area contributed by atoms with Crippen molar-refractivity contribution in [3.8, 4) is 0 Å². The first-order valence-corrected chi connectivity index (χ1v) is 5.52. The minimum Gasteiger partial charge on any atom is -0.467 e. The van der Waals surface area contributed by atoms with Gasteiger partial charge in [-0.1, -0.05) is 13.8 Å². The summed E-state index contributed by atoms with van der Waals surface area (Å²) in [5.41, 5.74) is 0. The summed E-state index contributed by atoms with van der Waals surface area (Å²) in [6, 6.07) is -0.571. The predicted molar refractivity (Wildman–Crippen MR) is 57.7 cm³/mol. The molecule has 1 fully saturated rings. The van der Waals surface area contributed by atoms with Crippen LogP contribution in [-0.2, 0) is 19.1 Å². The third-order valence-corrected chi connectivity index (χ3v) is 2.72. The van der Waals surface area contributed by atoms with Crippen molar-refractivity contribution in [2.45, 2.75) is 26.3 Å². The molecule has 5 nitrogen and oxygen atoms in total. The van der Waals surface area contributed by atoms with Crippen LogP contribution in [0.1, 0.15) is 20.3 Å². The number of nitrogens with one attached hydrogen (secondary N) is 1. The molecule has 1 heterocycles. The Balaban J connectivity index is 2.53. The Hall–Kier alpha value is -1.10. The van der Waals surface area contributed by atoms with Gasteiger partial charge in [0, 0.05) is 6.61 Å². The fourth-order valence-corrected chi connectivity index (χ4v) is 1.64. The number of esters is 1. The topological polar surface area (TPSA) is 64.6 Å². The minimum atomic E-state index is -0.571. The third kappa shape index (κ3) is 3.20. The van der Waals surface area contributed by atoms with E-state index in [1.54, 1.807) is 0 Å². The van der Waals surface area contributed by atoms with Gasteiger partial charge in [0.25, 0.3) is 0 Å². The highest BCUT2D eigenvalue weighted by atomic mass is 16.5. The molecule has 0 radical (unpaired) electrons. The Morgan fingerprint density at radius 2 is 2.12 bits per heavy atom. The van der Waals surface area contributed by atoms with E-state index >= 15 is 0 Å². The first-order chi connectivity index (χ1) is 7.56. The van der Waals surface area contributed by atoms with Gasteiger partial charge in [-0.25, -0.2) is 4.79 Å². The van der Waals surface area contributed by atoms with Crippen molar-refractivity contribution in [2.75, 3.05) is 20.3 Å². The molecule has 0 aromatic heterocycles. The molecule has 0 saturated carbocycles. The standard InChI is InChI=1S/C11H19NO4/c1-7(2)9(11(14)15-3)12-10(13)8-4-5-16-6-8/h7-9H,4-6H2,1-3H3,(H,12,13). The maximum Gasteiger partial charge on any atom is 0.328 e. The van der Waals surface area contributed by atoms with E-state index in [1.807, 2.05) is 13.8 Å². The number of hydrogen-bond donors (Lipinski definition) is 1. The van der Waals surface area contributed by atoms with Crippen LogP contribution in [0.2, 0.25) is 0 Å². The maximum absolute atomic E-state index is 11.8. The van der Waals surface area contributed by atoms with Gasteiger partial charge in [0.05, 0.1) is 19.6 Å². The van der Waals surface area contributed by atoms with Crippen molar-refractivity contribution >= 4 is 11.9 Å². The van der Waals surface area contributed by atoms with Crippen LogP contribution in [0.15, 0.2) is 0 Å². The van der Waals surface area contributed by atoms with Crippen molar-refractivity contribution in [2.24, 2.45) is 11.8 Å². The van der Waals surface area contributed by atoms with Gasteiger partial charge in [0.1, 0.15) is 6.04 Å². The summed E-state index contributed by atoms with van der Waals surface area (Å²) in [4.78, 5) is 23.2. The van der Waals surface area contributed by atoms with Crippen molar-refractivity contribution in [1.29, 1.82) is 0 Å². The summed E-state index contributed by atoms with van der Waals surface area (Å²) in [7, 11) is 1.32. The van der Waals surface area contributed by atoms with Crippen LogP contribution in [0.4, 0.5) is 0 Å².